The Bertz CT molecular complexity index is 382. The largest absolute Gasteiger partial charge is 0.508 e. The molecule has 3 nitrogen and oxygen atoms in total. The Balaban J connectivity index is 0.00000162. The predicted molar refractivity (Wildman–Crippen MR) is 84.8 cm³/mol. The summed E-state index contributed by atoms with van der Waals surface area (Å²) in [5.41, 5.74) is 2.18. The molecule has 1 aromatic carbocycles. The van der Waals surface area contributed by atoms with Gasteiger partial charge in [0, 0.05) is 37.8 Å². The molecule has 0 saturated carbocycles. The van der Waals surface area contributed by atoms with Gasteiger partial charge in [0.15, 0.2) is 0 Å². The Morgan fingerprint density at radius 2 is 1.89 bits per heavy atom. The molecule has 19 heavy (non-hydrogen) atoms. The van der Waals surface area contributed by atoms with Crippen LogP contribution in [0.15, 0.2) is 18.2 Å². The SMILES string of the molecule is CC[C@@H](c1ccc(C)cc1O)N1CCNCC1.Cl.Cl. The first-order valence-electron chi connectivity index (χ1n) is 6.46. The minimum atomic E-state index is 0. The zero-order chi connectivity index (χ0) is 12.3. The fourth-order valence-corrected chi connectivity index (χ4v) is 2.60. The molecule has 2 N–H and O–H groups in total. The van der Waals surface area contributed by atoms with Gasteiger partial charge in [-0.05, 0) is 25.0 Å². The monoisotopic (exact) mass is 306 g/mol. The number of phenolic OH excluding ortho intramolecular Hbond substituents is 1. The number of halogens is 2. The Labute approximate surface area is 128 Å². The van der Waals surface area contributed by atoms with Crippen LogP contribution in [0.25, 0.3) is 0 Å². The number of aromatic hydroxyl groups is 1. The van der Waals surface area contributed by atoms with Gasteiger partial charge in [-0.25, -0.2) is 0 Å². The van der Waals surface area contributed by atoms with Crippen LogP contribution in [0, 0.1) is 6.92 Å². The van der Waals surface area contributed by atoms with E-state index in [-0.39, 0.29) is 24.8 Å². The number of piperazine rings is 1. The molecule has 0 aromatic heterocycles. The molecule has 0 unspecified atom stereocenters. The molecular formula is C14H24Cl2N2O. The number of rotatable bonds is 3. The van der Waals surface area contributed by atoms with Gasteiger partial charge in [-0.15, -0.1) is 24.8 Å². The summed E-state index contributed by atoms with van der Waals surface area (Å²) in [6.45, 7) is 8.41. The van der Waals surface area contributed by atoms with Gasteiger partial charge in [-0.2, -0.15) is 0 Å². The van der Waals surface area contributed by atoms with Crippen molar-refractivity contribution in [3.8, 4) is 5.75 Å². The van der Waals surface area contributed by atoms with Crippen molar-refractivity contribution in [2.75, 3.05) is 26.2 Å². The number of nitrogens with one attached hydrogen (secondary N) is 1. The van der Waals surface area contributed by atoms with E-state index in [1.165, 1.54) is 0 Å². The molecule has 5 heteroatoms. The fraction of sp³-hybridized carbons (Fsp3) is 0.571. The van der Waals surface area contributed by atoms with Crippen molar-refractivity contribution in [1.29, 1.82) is 0 Å². The summed E-state index contributed by atoms with van der Waals surface area (Å²) in [6.07, 6.45) is 1.04. The molecule has 0 aliphatic carbocycles. The molecule has 1 aromatic rings. The molecule has 0 bridgehead atoms. The first-order chi connectivity index (χ1) is 8.22. The standard InChI is InChI=1S/C14H22N2O.2ClH/c1-3-13(16-8-6-15-7-9-16)12-5-4-11(2)10-14(12)17;;/h4-5,10,13,15,17H,3,6-9H2,1-2H3;2*1H/t13-;;/m0../s1. The number of aryl methyl sites for hydroxylation is 1. The third kappa shape index (κ3) is 4.53. The zero-order valence-corrected chi connectivity index (χ0v) is 13.2. The van der Waals surface area contributed by atoms with Crippen molar-refractivity contribution in [1.82, 2.24) is 10.2 Å². The van der Waals surface area contributed by atoms with Crippen LogP contribution < -0.4 is 5.32 Å². The van der Waals surface area contributed by atoms with E-state index in [0.717, 1.165) is 43.7 Å². The summed E-state index contributed by atoms with van der Waals surface area (Å²) in [7, 11) is 0. The Kier molecular flexibility index (Phi) is 8.42. The van der Waals surface area contributed by atoms with E-state index in [0.29, 0.717) is 11.8 Å². The molecule has 1 aliphatic heterocycles. The summed E-state index contributed by atoms with van der Waals surface area (Å²) in [5.74, 6) is 0.440. The van der Waals surface area contributed by atoms with Gasteiger partial charge in [0.25, 0.3) is 0 Å². The zero-order valence-electron chi connectivity index (χ0n) is 11.6. The molecular weight excluding hydrogens is 283 g/mol. The van der Waals surface area contributed by atoms with Crippen molar-refractivity contribution >= 4 is 24.8 Å². The molecule has 110 valence electrons. The van der Waals surface area contributed by atoms with E-state index < -0.39 is 0 Å². The maximum absolute atomic E-state index is 10.1. The van der Waals surface area contributed by atoms with Crippen molar-refractivity contribution < 1.29 is 5.11 Å². The topological polar surface area (TPSA) is 35.5 Å². The molecule has 1 saturated heterocycles. The van der Waals surface area contributed by atoms with Gasteiger partial charge in [0.2, 0.25) is 0 Å². The maximum Gasteiger partial charge on any atom is 0.120 e. The number of hydrogen-bond acceptors (Lipinski definition) is 3. The second kappa shape index (κ2) is 8.64. The number of nitrogens with zero attached hydrogens (tertiary/aromatic N) is 1. The highest BCUT2D eigenvalue weighted by atomic mass is 35.5. The van der Waals surface area contributed by atoms with E-state index in [9.17, 15) is 5.11 Å². The molecule has 0 radical (unpaired) electrons. The van der Waals surface area contributed by atoms with E-state index in [4.69, 9.17) is 0 Å². The van der Waals surface area contributed by atoms with Crippen LogP contribution >= 0.6 is 24.8 Å². The lowest BCUT2D eigenvalue weighted by atomic mass is 9.99. The predicted octanol–water partition coefficient (Wildman–Crippen LogP) is 2.90. The Morgan fingerprint density at radius 1 is 1.26 bits per heavy atom. The molecule has 1 fully saturated rings. The van der Waals surface area contributed by atoms with E-state index in [1.54, 1.807) is 0 Å². The van der Waals surface area contributed by atoms with Gasteiger partial charge < -0.3 is 10.4 Å². The lowest BCUT2D eigenvalue weighted by Gasteiger charge is -2.35. The molecule has 0 spiro atoms. The normalized spacial score (nSPS) is 17.2. The number of phenols is 1. The maximum atomic E-state index is 10.1. The van der Waals surface area contributed by atoms with Gasteiger partial charge in [-0.1, -0.05) is 19.1 Å². The van der Waals surface area contributed by atoms with Crippen LogP contribution in [0.5, 0.6) is 5.75 Å². The molecule has 2 rings (SSSR count). The van der Waals surface area contributed by atoms with Gasteiger partial charge in [0.05, 0.1) is 0 Å². The molecule has 0 amide bonds. The van der Waals surface area contributed by atoms with Crippen molar-refractivity contribution in [2.24, 2.45) is 0 Å². The van der Waals surface area contributed by atoms with Gasteiger partial charge >= 0.3 is 0 Å². The Morgan fingerprint density at radius 3 is 2.42 bits per heavy atom. The minimum absolute atomic E-state index is 0. The summed E-state index contributed by atoms with van der Waals surface area (Å²) in [4.78, 5) is 2.46. The summed E-state index contributed by atoms with van der Waals surface area (Å²) >= 11 is 0. The van der Waals surface area contributed by atoms with Crippen molar-refractivity contribution in [3.63, 3.8) is 0 Å². The Hall–Kier alpha value is -0.480. The first-order valence-corrected chi connectivity index (χ1v) is 6.46. The fourth-order valence-electron chi connectivity index (χ4n) is 2.60. The summed E-state index contributed by atoms with van der Waals surface area (Å²) in [6, 6.07) is 6.36. The quantitative estimate of drug-likeness (QED) is 0.901. The van der Waals surface area contributed by atoms with E-state index in [2.05, 4.69) is 29.3 Å². The van der Waals surface area contributed by atoms with Crippen LogP contribution in [0.4, 0.5) is 0 Å². The lowest BCUT2D eigenvalue weighted by Crippen LogP contribution is -2.45. The summed E-state index contributed by atoms with van der Waals surface area (Å²) in [5, 5.41) is 13.4. The van der Waals surface area contributed by atoms with Crippen LogP contribution in [0.3, 0.4) is 0 Å². The van der Waals surface area contributed by atoms with E-state index >= 15 is 0 Å². The second-order valence-electron chi connectivity index (χ2n) is 4.77. The first kappa shape index (κ1) is 18.5. The third-order valence-electron chi connectivity index (χ3n) is 3.52. The third-order valence-corrected chi connectivity index (χ3v) is 3.52. The number of hydrogen-bond donors (Lipinski definition) is 2. The highest BCUT2D eigenvalue weighted by molar-refractivity contribution is 5.85. The van der Waals surface area contributed by atoms with Crippen LogP contribution in [0.1, 0.15) is 30.5 Å². The summed E-state index contributed by atoms with van der Waals surface area (Å²) < 4.78 is 0. The van der Waals surface area contributed by atoms with Crippen molar-refractivity contribution in [2.45, 2.75) is 26.3 Å². The highest BCUT2D eigenvalue weighted by Gasteiger charge is 2.22. The molecule has 1 aliphatic rings. The molecule has 1 atom stereocenters. The van der Waals surface area contributed by atoms with Gasteiger partial charge in [-0.3, -0.25) is 4.90 Å². The average Bonchev–Trinajstić information content (AvgIpc) is 2.34. The minimum Gasteiger partial charge on any atom is -0.508 e. The smallest absolute Gasteiger partial charge is 0.120 e. The molecule has 1 heterocycles. The number of benzene rings is 1. The van der Waals surface area contributed by atoms with Crippen LogP contribution in [-0.4, -0.2) is 36.2 Å². The average molecular weight is 307 g/mol. The van der Waals surface area contributed by atoms with E-state index in [1.807, 2.05) is 13.0 Å². The highest BCUT2D eigenvalue weighted by Crippen LogP contribution is 2.31. The van der Waals surface area contributed by atoms with Crippen LogP contribution in [-0.2, 0) is 0 Å². The lowest BCUT2D eigenvalue weighted by molar-refractivity contribution is 0.167. The van der Waals surface area contributed by atoms with Crippen molar-refractivity contribution in [3.05, 3.63) is 29.3 Å². The second-order valence-corrected chi connectivity index (χ2v) is 4.77. The van der Waals surface area contributed by atoms with Crippen LogP contribution in [0.2, 0.25) is 0 Å². The van der Waals surface area contributed by atoms with Gasteiger partial charge in [0.1, 0.15) is 5.75 Å².